The van der Waals surface area contributed by atoms with Crippen molar-refractivity contribution in [2.24, 2.45) is 0 Å². The van der Waals surface area contributed by atoms with Gasteiger partial charge in [0.05, 0.1) is 19.8 Å². The second-order valence-corrected chi connectivity index (χ2v) is 3.69. The Bertz CT molecular complexity index is 352. The number of aliphatic hydroxyl groups is 3. The van der Waals surface area contributed by atoms with Crippen LogP contribution in [-0.2, 0) is 0 Å². The van der Waals surface area contributed by atoms with E-state index in [9.17, 15) is 4.79 Å². The van der Waals surface area contributed by atoms with Crippen LogP contribution in [0.2, 0.25) is 5.22 Å². The third kappa shape index (κ3) is 2.73. The molecular weight excluding hydrogens is 238 g/mol. The van der Waals surface area contributed by atoms with E-state index in [-0.39, 0.29) is 11.0 Å². The standard InChI is InChI=1S/C9H12ClNO5/c10-7-2-1-6(16-7)8(15)11-9(3-12,4-13)5-14/h1-2,12-14H,3-5H2,(H,11,15). The average molecular weight is 250 g/mol. The van der Waals surface area contributed by atoms with Gasteiger partial charge < -0.3 is 25.1 Å². The molecule has 0 atom stereocenters. The van der Waals surface area contributed by atoms with Crippen molar-refractivity contribution in [1.29, 1.82) is 0 Å². The zero-order valence-corrected chi connectivity index (χ0v) is 9.07. The molecule has 6 nitrogen and oxygen atoms in total. The number of hydrogen-bond acceptors (Lipinski definition) is 5. The number of nitrogens with one attached hydrogen (secondary N) is 1. The van der Waals surface area contributed by atoms with Crippen molar-refractivity contribution >= 4 is 17.5 Å². The molecule has 0 aliphatic rings. The average Bonchev–Trinajstić information content (AvgIpc) is 2.73. The minimum Gasteiger partial charge on any atom is -0.440 e. The second kappa shape index (κ2) is 5.31. The number of carbonyl (C=O) groups excluding carboxylic acids is 1. The Hall–Kier alpha value is -1.08. The molecule has 1 aromatic heterocycles. The summed E-state index contributed by atoms with van der Waals surface area (Å²) in [5, 5.41) is 29.3. The van der Waals surface area contributed by atoms with Gasteiger partial charge in [0.15, 0.2) is 11.0 Å². The zero-order chi connectivity index (χ0) is 12.2. The number of amides is 1. The summed E-state index contributed by atoms with van der Waals surface area (Å²) in [6, 6.07) is 2.73. The maximum Gasteiger partial charge on any atom is 0.287 e. The van der Waals surface area contributed by atoms with Crippen LogP contribution in [0.1, 0.15) is 10.6 Å². The van der Waals surface area contributed by atoms with E-state index in [0.29, 0.717) is 0 Å². The molecule has 0 fully saturated rings. The highest BCUT2D eigenvalue weighted by Crippen LogP contribution is 2.14. The van der Waals surface area contributed by atoms with Crippen LogP contribution in [0.5, 0.6) is 0 Å². The fourth-order valence-corrected chi connectivity index (χ4v) is 1.15. The van der Waals surface area contributed by atoms with Crippen LogP contribution in [0, 0.1) is 0 Å². The highest BCUT2D eigenvalue weighted by Gasteiger charge is 2.31. The molecule has 0 unspecified atom stereocenters. The lowest BCUT2D eigenvalue weighted by Crippen LogP contribution is -2.56. The first kappa shape index (κ1) is 13.0. The van der Waals surface area contributed by atoms with Crippen molar-refractivity contribution in [3.05, 3.63) is 23.1 Å². The Morgan fingerprint density at radius 3 is 2.25 bits per heavy atom. The van der Waals surface area contributed by atoms with Gasteiger partial charge in [0.25, 0.3) is 5.91 Å². The summed E-state index contributed by atoms with van der Waals surface area (Å²) < 4.78 is 4.83. The number of furan rings is 1. The van der Waals surface area contributed by atoms with Crippen LogP contribution in [0.4, 0.5) is 0 Å². The van der Waals surface area contributed by atoms with Gasteiger partial charge >= 0.3 is 0 Å². The Morgan fingerprint density at radius 2 is 1.88 bits per heavy atom. The van der Waals surface area contributed by atoms with Gasteiger partial charge in [-0.1, -0.05) is 0 Å². The van der Waals surface area contributed by atoms with Crippen LogP contribution in [0.15, 0.2) is 16.5 Å². The lowest BCUT2D eigenvalue weighted by Gasteiger charge is -2.28. The van der Waals surface area contributed by atoms with E-state index >= 15 is 0 Å². The lowest BCUT2D eigenvalue weighted by atomic mass is 10.0. The third-order valence-electron chi connectivity index (χ3n) is 2.08. The van der Waals surface area contributed by atoms with E-state index < -0.39 is 31.3 Å². The van der Waals surface area contributed by atoms with Gasteiger partial charge in [0.2, 0.25) is 0 Å². The summed E-state index contributed by atoms with van der Waals surface area (Å²) in [6.45, 7) is -1.79. The fraction of sp³-hybridized carbons (Fsp3) is 0.444. The zero-order valence-electron chi connectivity index (χ0n) is 8.31. The molecule has 1 heterocycles. The molecule has 0 aliphatic carbocycles. The number of aliphatic hydroxyl groups excluding tert-OH is 3. The molecule has 1 amide bonds. The molecule has 0 bridgehead atoms. The van der Waals surface area contributed by atoms with Crippen molar-refractivity contribution < 1.29 is 24.5 Å². The summed E-state index contributed by atoms with van der Waals surface area (Å²) in [5.41, 5.74) is -1.48. The van der Waals surface area contributed by atoms with Crippen molar-refractivity contribution in [2.45, 2.75) is 5.54 Å². The third-order valence-corrected chi connectivity index (χ3v) is 2.29. The molecule has 0 saturated carbocycles. The summed E-state index contributed by atoms with van der Waals surface area (Å²) in [6.07, 6.45) is 0. The highest BCUT2D eigenvalue weighted by molar-refractivity contribution is 6.29. The predicted molar refractivity (Wildman–Crippen MR) is 55.2 cm³/mol. The van der Waals surface area contributed by atoms with Crippen molar-refractivity contribution in [1.82, 2.24) is 5.32 Å². The first-order valence-corrected chi connectivity index (χ1v) is 4.85. The largest absolute Gasteiger partial charge is 0.440 e. The van der Waals surface area contributed by atoms with Gasteiger partial charge in [0, 0.05) is 0 Å². The van der Waals surface area contributed by atoms with Gasteiger partial charge in [-0.15, -0.1) is 0 Å². The van der Waals surface area contributed by atoms with E-state index in [1.807, 2.05) is 0 Å². The molecule has 1 aromatic rings. The monoisotopic (exact) mass is 249 g/mol. The van der Waals surface area contributed by atoms with E-state index in [1.165, 1.54) is 12.1 Å². The number of hydrogen-bond donors (Lipinski definition) is 4. The minimum absolute atomic E-state index is 0.0488. The molecule has 4 N–H and O–H groups in total. The van der Waals surface area contributed by atoms with Gasteiger partial charge in [-0.05, 0) is 23.7 Å². The smallest absolute Gasteiger partial charge is 0.287 e. The van der Waals surface area contributed by atoms with Crippen molar-refractivity contribution in [3.8, 4) is 0 Å². The van der Waals surface area contributed by atoms with Crippen molar-refractivity contribution in [3.63, 3.8) is 0 Å². The van der Waals surface area contributed by atoms with E-state index in [4.69, 9.17) is 31.3 Å². The van der Waals surface area contributed by atoms with Crippen LogP contribution >= 0.6 is 11.6 Å². The SMILES string of the molecule is O=C(NC(CO)(CO)CO)c1ccc(Cl)o1. The molecular formula is C9H12ClNO5. The summed E-state index contributed by atoms with van der Waals surface area (Å²) in [5.74, 6) is -0.742. The molecule has 0 saturated heterocycles. The summed E-state index contributed by atoms with van der Waals surface area (Å²) >= 11 is 5.48. The molecule has 0 radical (unpaired) electrons. The first-order chi connectivity index (χ1) is 7.56. The molecule has 90 valence electrons. The molecule has 1 rings (SSSR count). The molecule has 0 spiro atoms. The van der Waals surface area contributed by atoms with Crippen LogP contribution in [0.25, 0.3) is 0 Å². The van der Waals surface area contributed by atoms with Crippen LogP contribution in [-0.4, -0.2) is 46.6 Å². The Kier molecular flexibility index (Phi) is 4.31. The van der Waals surface area contributed by atoms with E-state index in [1.54, 1.807) is 0 Å². The summed E-state index contributed by atoms with van der Waals surface area (Å²) in [7, 11) is 0. The number of rotatable bonds is 5. The fourth-order valence-electron chi connectivity index (χ4n) is 1.01. The molecule has 0 aromatic carbocycles. The molecule has 16 heavy (non-hydrogen) atoms. The highest BCUT2D eigenvalue weighted by atomic mass is 35.5. The van der Waals surface area contributed by atoms with Gasteiger partial charge in [-0.3, -0.25) is 4.79 Å². The Balaban J connectivity index is 2.76. The van der Waals surface area contributed by atoms with Gasteiger partial charge in [-0.2, -0.15) is 0 Å². The van der Waals surface area contributed by atoms with Crippen LogP contribution < -0.4 is 5.32 Å². The van der Waals surface area contributed by atoms with Gasteiger partial charge in [0.1, 0.15) is 5.54 Å². The second-order valence-electron chi connectivity index (χ2n) is 3.31. The lowest BCUT2D eigenvalue weighted by molar-refractivity contribution is 0.0363. The number of halogens is 1. The first-order valence-electron chi connectivity index (χ1n) is 4.47. The maximum atomic E-state index is 11.6. The topological polar surface area (TPSA) is 103 Å². The predicted octanol–water partition coefficient (Wildman–Crippen LogP) is -0.621. The van der Waals surface area contributed by atoms with E-state index in [0.717, 1.165) is 0 Å². The van der Waals surface area contributed by atoms with E-state index in [2.05, 4.69) is 5.32 Å². The molecule has 0 aliphatic heterocycles. The normalized spacial score (nSPS) is 11.5. The van der Waals surface area contributed by atoms with Gasteiger partial charge in [-0.25, -0.2) is 0 Å². The maximum absolute atomic E-state index is 11.6. The Morgan fingerprint density at radius 1 is 1.31 bits per heavy atom. The number of carbonyl (C=O) groups is 1. The molecule has 7 heteroatoms. The van der Waals surface area contributed by atoms with Crippen molar-refractivity contribution in [2.75, 3.05) is 19.8 Å². The quantitative estimate of drug-likeness (QED) is 0.557. The van der Waals surface area contributed by atoms with Crippen LogP contribution in [0.3, 0.4) is 0 Å². The Labute approximate surface area is 96.4 Å². The summed E-state index contributed by atoms with van der Waals surface area (Å²) in [4.78, 5) is 11.6. The minimum atomic E-state index is -1.48.